The molecule has 0 saturated carbocycles. The van der Waals surface area contributed by atoms with E-state index in [4.69, 9.17) is 0 Å². The Bertz CT molecular complexity index is 789. The summed E-state index contributed by atoms with van der Waals surface area (Å²) < 4.78 is 62.1. The van der Waals surface area contributed by atoms with Crippen LogP contribution >= 0.6 is 0 Å². The third kappa shape index (κ3) is 6.12. The largest absolute Gasteiger partial charge is 0.416 e. The number of hydrogen-bond acceptors (Lipinski definition) is 3. The second-order valence-electron chi connectivity index (χ2n) is 7.40. The van der Waals surface area contributed by atoms with Crippen molar-refractivity contribution in [3.63, 3.8) is 0 Å². The zero-order valence-electron chi connectivity index (χ0n) is 15.7. The standard InChI is InChI=1S/C18H26F3N3O2S/c1-4-22-16(24-15-8-9-27(25,26)11-15)23-12-17(2,3)13-6-5-7-14(10-13)18(19,20)21/h5-7,10,15H,4,8-9,11-12H2,1-3H3,(H2,22,23,24). The molecule has 1 aliphatic heterocycles. The van der Waals surface area contributed by atoms with Crippen molar-refractivity contribution < 1.29 is 21.6 Å². The molecule has 1 aromatic carbocycles. The summed E-state index contributed by atoms with van der Waals surface area (Å²) in [5.74, 6) is 0.688. The molecule has 0 aromatic heterocycles. The van der Waals surface area contributed by atoms with Crippen LogP contribution in [0, 0.1) is 0 Å². The third-order valence-corrected chi connectivity index (χ3v) is 6.29. The fraction of sp³-hybridized carbons (Fsp3) is 0.611. The number of rotatable bonds is 5. The van der Waals surface area contributed by atoms with Crippen molar-refractivity contribution in [2.45, 2.75) is 44.8 Å². The summed E-state index contributed by atoms with van der Waals surface area (Å²) in [6, 6.07) is 5.06. The Morgan fingerprint density at radius 1 is 1.26 bits per heavy atom. The van der Waals surface area contributed by atoms with Gasteiger partial charge in [0.05, 0.1) is 23.6 Å². The summed E-state index contributed by atoms with van der Waals surface area (Å²) >= 11 is 0. The maximum atomic E-state index is 13.0. The molecule has 1 heterocycles. The Morgan fingerprint density at radius 3 is 2.48 bits per heavy atom. The maximum Gasteiger partial charge on any atom is 0.416 e. The quantitative estimate of drug-likeness (QED) is 0.584. The normalized spacial score (nSPS) is 20.5. The van der Waals surface area contributed by atoms with E-state index in [0.29, 0.717) is 24.5 Å². The van der Waals surface area contributed by atoms with Crippen LogP contribution in [0.5, 0.6) is 0 Å². The van der Waals surface area contributed by atoms with Gasteiger partial charge in [-0.05, 0) is 25.0 Å². The number of alkyl halides is 3. The van der Waals surface area contributed by atoms with Crippen molar-refractivity contribution in [2.24, 2.45) is 4.99 Å². The van der Waals surface area contributed by atoms with Crippen LogP contribution in [0.3, 0.4) is 0 Å². The first-order valence-electron chi connectivity index (χ1n) is 8.86. The Kier molecular flexibility index (Phi) is 6.44. The minimum absolute atomic E-state index is 0.0639. The molecule has 1 aliphatic rings. The predicted molar refractivity (Wildman–Crippen MR) is 101 cm³/mol. The lowest BCUT2D eigenvalue weighted by molar-refractivity contribution is -0.137. The zero-order valence-corrected chi connectivity index (χ0v) is 16.5. The van der Waals surface area contributed by atoms with Crippen molar-refractivity contribution >= 4 is 15.8 Å². The fourth-order valence-corrected chi connectivity index (χ4v) is 4.58. The molecule has 0 bridgehead atoms. The van der Waals surface area contributed by atoms with Gasteiger partial charge in [0.25, 0.3) is 0 Å². The van der Waals surface area contributed by atoms with Crippen LogP contribution in [-0.4, -0.2) is 45.0 Å². The lowest BCUT2D eigenvalue weighted by Gasteiger charge is -2.25. The number of benzene rings is 1. The van der Waals surface area contributed by atoms with Gasteiger partial charge in [-0.2, -0.15) is 13.2 Å². The number of halogens is 3. The van der Waals surface area contributed by atoms with Crippen LogP contribution in [0.4, 0.5) is 13.2 Å². The minimum atomic E-state index is -4.39. The fourth-order valence-electron chi connectivity index (χ4n) is 2.91. The molecule has 0 amide bonds. The molecule has 1 fully saturated rings. The number of nitrogens with zero attached hydrogens (tertiary/aromatic N) is 1. The third-order valence-electron chi connectivity index (χ3n) is 4.52. The van der Waals surface area contributed by atoms with E-state index in [1.807, 2.05) is 20.8 Å². The molecule has 27 heavy (non-hydrogen) atoms. The summed E-state index contributed by atoms with van der Waals surface area (Å²) in [7, 11) is -3.01. The van der Waals surface area contributed by atoms with Crippen molar-refractivity contribution in [1.29, 1.82) is 0 Å². The summed E-state index contributed by atoms with van der Waals surface area (Å²) in [5.41, 5.74) is -0.760. The molecule has 152 valence electrons. The number of guanidine groups is 1. The molecule has 1 saturated heterocycles. The topological polar surface area (TPSA) is 70.6 Å². The van der Waals surface area contributed by atoms with Gasteiger partial charge in [-0.1, -0.05) is 32.0 Å². The molecule has 0 radical (unpaired) electrons. The number of aliphatic imine (C=N–C) groups is 1. The Balaban J connectivity index is 2.14. The van der Waals surface area contributed by atoms with Gasteiger partial charge in [0.15, 0.2) is 15.8 Å². The van der Waals surface area contributed by atoms with Gasteiger partial charge in [0.1, 0.15) is 0 Å². The Morgan fingerprint density at radius 2 is 1.93 bits per heavy atom. The van der Waals surface area contributed by atoms with Crippen LogP contribution in [-0.2, 0) is 21.4 Å². The average molecular weight is 405 g/mol. The maximum absolute atomic E-state index is 13.0. The highest BCUT2D eigenvalue weighted by Gasteiger charge is 2.32. The average Bonchev–Trinajstić information content (AvgIpc) is 2.91. The lowest BCUT2D eigenvalue weighted by atomic mass is 9.84. The van der Waals surface area contributed by atoms with E-state index in [-0.39, 0.29) is 24.1 Å². The summed E-state index contributed by atoms with van der Waals surface area (Å²) in [5, 5.41) is 6.17. The lowest BCUT2D eigenvalue weighted by Crippen LogP contribution is -2.44. The molecule has 0 spiro atoms. The molecule has 2 rings (SSSR count). The van der Waals surface area contributed by atoms with E-state index in [1.165, 1.54) is 6.07 Å². The van der Waals surface area contributed by atoms with Gasteiger partial charge in [-0.3, -0.25) is 4.99 Å². The van der Waals surface area contributed by atoms with Crippen LogP contribution in [0.1, 0.15) is 38.3 Å². The second-order valence-corrected chi connectivity index (χ2v) is 9.63. The SMILES string of the molecule is CCNC(=NCC(C)(C)c1cccc(C(F)(F)F)c1)NC1CCS(=O)(=O)C1. The molecule has 5 nitrogen and oxygen atoms in total. The van der Waals surface area contributed by atoms with Crippen molar-refractivity contribution in [3.05, 3.63) is 35.4 Å². The molecule has 0 aliphatic carbocycles. The summed E-state index contributed by atoms with van der Waals surface area (Å²) in [6.45, 7) is 6.39. The molecule has 1 unspecified atom stereocenters. The van der Waals surface area contributed by atoms with Crippen LogP contribution in [0.2, 0.25) is 0 Å². The molecular weight excluding hydrogens is 379 g/mol. The minimum Gasteiger partial charge on any atom is -0.357 e. The van der Waals surface area contributed by atoms with Crippen LogP contribution in [0.15, 0.2) is 29.3 Å². The Hall–Kier alpha value is -1.77. The Labute approximate surface area is 158 Å². The molecular formula is C18H26F3N3O2S. The van der Waals surface area contributed by atoms with Gasteiger partial charge in [-0.15, -0.1) is 0 Å². The van der Waals surface area contributed by atoms with Crippen LogP contribution < -0.4 is 10.6 Å². The molecule has 1 atom stereocenters. The van der Waals surface area contributed by atoms with Crippen molar-refractivity contribution in [2.75, 3.05) is 24.6 Å². The summed E-state index contributed by atoms with van der Waals surface area (Å²) in [4.78, 5) is 4.48. The highest BCUT2D eigenvalue weighted by Crippen LogP contribution is 2.32. The first kappa shape index (κ1) is 21.5. The number of nitrogens with one attached hydrogen (secondary N) is 2. The van der Waals surface area contributed by atoms with E-state index in [1.54, 1.807) is 6.07 Å². The van der Waals surface area contributed by atoms with Gasteiger partial charge in [0, 0.05) is 18.0 Å². The number of sulfone groups is 1. The monoisotopic (exact) mass is 405 g/mol. The first-order valence-corrected chi connectivity index (χ1v) is 10.7. The highest BCUT2D eigenvalue weighted by atomic mass is 32.2. The van der Waals surface area contributed by atoms with Crippen molar-refractivity contribution in [3.8, 4) is 0 Å². The van der Waals surface area contributed by atoms with E-state index in [2.05, 4.69) is 15.6 Å². The smallest absolute Gasteiger partial charge is 0.357 e. The van der Waals surface area contributed by atoms with Gasteiger partial charge in [-0.25, -0.2) is 8.42 Å². The van der Waals surface area contributed by atoms with E-state index >= 15 is 0 Å². The molecule has 1 aromatic rings. The predicted octanol–water partition coefficient (Wildman–Crippen LogP) is 2.73. The van der Waals surface area contributed by atoms with E-state index < -0.39 is 27.0 Å². The molecule has 9 heteroatoms. The van der Waals surface area contributed by atoms with E-state index in [0.717, 1.165) is 12.1 Å². The number of hydrogen-bond donors (Lipinski definition) is 2. The first-order chi connectivity index (χ1) is 12.4. The van der Waals surface area contributed by atoms with Gasteiger partial charge in [0.2, 0.25) is 0 Å². The van der Waals surface area contributed by atoms with Gasteiger partial charge >= 0.3 is 6.18 Å². The van der Waals surface area contributed by atoms with Gasteiger partial charge < -0.3 is 10.6 Å². The summed E-state index contributed by atoms with van der Waals surface area (Å²) in [6.07, 6.45) is -3.87. The van der Waals surface area contributed by atoms with E-state index in [9.17, 15) is 21.6 Å². The van der Waals surface area contributed by atoms with Crippen LogP contribution in [0.25, 0.3) is 0 Å². The second kappa shape index (κ2) is 8.08. The van der Waals surface area contributed by atoms with Crippen molar-refractivity contribution in [1.82, 2.24) is 10.6 Å². The highest BCUT2D eigenvalue weighted by molar-refractivity contribution is 7.91. The zero-order chi connectivity index (χ0) is 20.3. The molecule has 2 N–H and O–H groups in total.